The Balaban J connectivity index is 1.73. The molecule has 2 aromatic carbocycles. The molecule has 5 rings (SSSR count). The number of hydrogen-bond acceptors (Lipinski definition) is 7. The van der Waals surface area contributed by atoms with Gasteiger partial charge in [-0.2, -0.15) is 10.5 Å². The van der Waals surface area contributed by atoms with Crippen molar-refractivity contribution in [2.75, 3.05) is 17.0 Å². The smallest absolute Gasteiger partial charge is 0.231 e. The number of anilines is 2. The maximum atomic E-state index is 9.94. The van der Waals surface area contributed by atoms with Crippen LogP contribution in [0.25, 0.3) is 0 Å². The third kappa shape index (κ3) is 2.00. The van der Waals surface area contributed by atoms with Crippen molar-refractivity contribution in [2.24, 2.45) is 5.73 Å². The van der Waals surface area contributed by atoms with Crippen LogP contribution in [0, 0.1) is 22.7 Å². The zero-order chi connectivity index (χ0) is 18.5. The Kier molecular flexibility index (Phi) is 3.06. The Morgan fingerprint density at radius 1 is 1.04 bits per heavy atom. The van der Waals surface area contributed by atoms with Gasteiger partial charge in [-0.25, -0.2) is 0 Å². The predicted molar refractivity (Wildman–Crippen MR) is 97.3 cm³/mol. The predicted octanol–water partition coefficient (Wildman–Crippen LogP) is 2.87. The highest BCUT2D eigenvalue weighted by Gasteiger charge is 2.40. The summed E-state index contributed by atoms with van der Waals surface area (Å²) in [7, 11) is 0. The first-order valence-electron chi connectivity index (χ1n) is 8.32. The van der Waals surface area contributed by atoms with E-state index in [1.54, 1.807) is 17.0 Å². The fourth-order valence-electron chi connectivity index (χ4n) is 3.73. The first-order valence-corrected chi connectivity index (χ1v) is 8.32. The van der Waals surface area contributed by atoms with Crippen molar-refractivity contribution >= 4 is 11.4 Å². The molecule has 0 saturated heterocycles. The van der Waals surface area contributed by atoms with Crippen LogP contribution in [0.2, 0.25) is 0 Å². The number of para-hydroxylation sites is 2. The highest BCUT2D eigenvalue weighted by molar-refractivity contribution is 5.86. The molecule has 0 aliphatic carbocycles. The molecule has 3 N–H and O–H groups in total. The molecule has 1 atom stereocenters. The fourth-order valence-corrected chi connectivity index (χ4v) is 3.73. The summed E-state index contributed by atoms with van der Waals surface area (Å²) in [6, 6.07) is 17.5. The first kappa shape index (κ1) is 15.2. The monoisotopic (exact) mass is 355 g/mol. The van der Waals surface area contributed by atoms with Gasteiger partial charge < -0.3 is 20.5 Å². The third-order valence-corrected chi connectivity index (χ3v) is 4.94. The van der Waals surface area contributed by atoms with Crippen LogP contribution in [0.15, 0.2) is 65.3 Å². The lowest BCUT2D eigenvalue weighted by Crippen LogP contribution is -2.34. The number of nitrogens with one attached hydrogen (secondary N) is 1. The number of nitriles is 2. The lowest BCUT2D eigenvalue weighted by atomic mass is 9.83. The van der Waals surface area contributed by atoms with E-state index in [9.17, 15) is 10.5 Å². The van der Waals surface area contributed by atoms with Crippen LogP contribution in [0.3, 0.4) is 0 Å². The topological polar surface area (TPSA) is 107 Å². The molecule has 2 aromatic rings. The minimum Gasteiger partial charge on any atom is -0.454 e. The van der Waals surface area contributed by atoms with Crippen molar-refractivity contribution in [1.29, 1.82) is 10.5 Å². The highest BCUT2D eigenvalue weighted by atomic mass is 16.7. The van der Waals surface area contributed by atoms with E-state index in [1.807, 2.05) is 30.3 Å². The van der Waals surface area contributed by atoms with Gasteiger partial charge in [0.2, 0.25) is 6.79 Å². The molecule has 3 aliphatic rings. The molecule has 0 spiro atoms. The number of rotatable bonds is 1. The Labute approximate surface area is 155 Å². The van der Waals surface area contributed by atoms with Gasteiger partial charge in [0.25, 0.3) is 0 Å². The number of fused-ring (bicyclic) bond motifs is 4. The Bertz CT molecular complexity index is 1140. The number of benzene rings is 2. The summed E-state index contributed by atoms with van der Waals surface area (Å²) >= 11 is 0. The van der Waals surface area contributed by atoms with E-state index in [2.05, 4.69) is 17.5 Å². The summed E-state index contributed by atoms with van der Waals surface area (Å²) in [4.78, 5) is 1.73. The molecule has 7 nitrogen and oxygen atoms in total. The molecule has 0 bridgehead atoms. The van der Waals surface area contributed by atoms with Crippen molar-refractivity contribution in [2.45, 2.75) is 5.92 Å². The van der Waals surface area contributed by atoms with Crippen LogP contribution in [0.1, 0.15) is 11.5 Å². The van der Waals surface area contributed by atoms with Crippen LogP contribution < -0.4 is 25.4 Å². The van der Waals surface area contributed by atoms with Crippen molar-refractivity contribution in [3.05, 3.63) is 70.8 Å². The van der Waals surface area contributed by atoms with E-state index in [0.717, 1.165) is 16.9 Å². The van der Waals surface area contributed by atoms with Gasteiger partial charge in [0.05, 0.1) is 40.6 Å². The standard InChI is InChI=1S/C20H13N5O2/c21-8-12-18(11-5-6-16-17(7-11)27-10-26-16)13(9-22)20-24-14-3-1-2-4-15(14)25(20)19(12)23/h1-7,18,24H,10,23H2/t18-/m1/s1. The number of nitrogens with zero attached hydrogens (tertiary/aromatic N) is 3. The average Bonchev–Trinajstić information content (AvgIpc) is 3.31. The number of ether oxygens (including phenoxy) is 2. The molecule has 27 heavy (non-hydrogen) atoms. The van der Waals surface area contributed by atoms with Gasteiger partial charge in [-0.15, -0.1) is 0 Å². The minimum absolute atomic E-state index is 0.156. The third-order valence-electron chi connectivity index (χ3n) is 4.94. The molecule has 7 heteroatoms. The van der Waals surface area contributed by atoms with Crippen LogP contribution in [0.4, 0.5) is 11.4 Å². The quantitative estimate of drug-likeness (QED) is 0.810. The van der Waals surface area contributed by atoms with Gasteiger partial charge in [-0.05, 0) is 29.8 Å². The second-order valence-corrected chi connectivity index (χ2v) is 6.31. The molecule has 0 aromatic heterocycles. The lowest BCUT2D eigenvalue weighted by molar-refractivity contribution is 0.174. The van der Waals surface area contributed by atoms with Gasteiger partial charge in [-0.1, -0.05) is 18.2 Å². The first-order chi connectivity index (χ1) is 13.2. The molecule has 0 fully saturated rings. The Morgan fingerprint density at radius 2 is 1.81 bits per heavy atom. The summed E-state index contributed by atoms with van der Waals surface area (Å²) < 4.78 is 10.8. The summed E-state index contributed by atoms with van der Waals surface area (Å²) in [5.74, 6) is 1.55. The van der Waals surface area contributed by atoms with E-state index < -0.39 is 5.92 Å². The second-order valence-electron chi connectivity index (χ2n) is 6.31. The largest absolute Gasteiger partial charge is 0.454 e. The Hall–Kier alpha value is -4.10. The van der Waals surface area contributed by atoms with Gasteiger partial charge >= 0.3 is 0 Å². The van der Waals surface area contributed by atoms with Gasteiger partial charge in [0.1, 0.15) is 11.6 Å². The van der Waals surface area contributed by atoms with Crippen molar-refractivity contribution in [3.8, 4) is 23.6 Å². The fraction of sp³-hybridized carbons (Fsp3) is 0.100. The highest BCUT2D eigenvalue weighted by Crippen LogP contribution is 2.48. The van der Waals surface area contributed by atoms with E-state index >= 15 is 0 Å². The molecule has 3 aliphatic heterocycles. The Morgan fingerprint density at radius 3 is 2.63 bits per heavy atom. The number of nitrogens with two attached hydrogens (primary N) is 1. The van der Waals surface area contributed by atoms with E-state index in [0.29, 0.717) is 34.3 Å². The van der Waals surface area contributed by atoms with Crippen LogP contribution in [-0.4, -0.2) is 6.79 Å². The normalized spacial score (nSPS) is 19.2. The molecule has 3 heterocycles. The van der Waals surface area contributed by atoms with Crippen LogP contribution in [0.5, 0.6) is 11.5 Å². The van der Waals surface area contributed by atoms with E-state index in [1.165, 1.54) is 0 Å². The summed E-state index contributed by atoms with van der Waals surface area (Å²) in [6.45, 7) is 0.156. The molecule has 0 amide bonds. The summed E-state index contributed by atoms with van der Waals surface area (Å²) in [6.07, 6.45) is 0. The van der Waals surface area contributed by atoms with E-state index in [-0.39, 0.29) is 6.79 Å². The zero-order valence-electron chi connectivity index (χ0n) is 14.1. The molecule has 0 radical (unpaired) electrons. The van der Waals surface area contributed by atoms with Crippen molar-refractivity contribution < 1.29 is 9.47 Å². The second kappa shape index (κ2) is 5.45. The van der Waals surface area contributed by atoms with Gasteiger partial charge in [0, 0.05) is 0 Å². The van der Waals surface area contributed by atoms with Crippen LogP contribution in [-0.2, 0) is 0 Å². The minimum atomic E-state index is -0.581. The average molecular weight is 355 g/mol. The van der Waals surface area contributed by atoms with Crippen molar-refractivity contribution in [1.82, 2.24) is 0 Å². The summed E-state index contributed by atoms with van der Waals surface area (Å²) in [5, 5.41) is 23.1. The maximum absolute atomic E-state index is 9.94. The van der Waals surface area contributed by atoms with Crippen molar-refractivity contribution in [3.63, 3.8) is 0 Å². The number of hydrogen-bond donors (Lipinski definition) is 2. The van der Waals surface area contributed by atoms with E-state index in [4.69, 9.17) is 15.2 Å². The molecule has 130 valence electrons. The van der Waals surface area contributed by atoms with Gasteiger partial charge in [-0.3, -0.25) is 4.90 Å². The molecular formula is C20H13N5O2. The molecular weight excluding hydrogens is 342 g/mol. The lowest BCUT2D eigenvalue weighted by Gasteiger charge is -2.31. The maximum Gasteiger partial charge on any atom is 0.231 e. The molecule has 0 unspecified atom stereocenters. The molecule has 0 saturated carbocycles. The van der Waals surface area contributed by atoms with Gasteiger partial charge in [0.15, 0.2) is 11.5 Å². The zero-order valence-corrected chi connectivity index (χ0v) is 14.1. The number of allylic oxidation sites excluding steroid dienone is 2. The van der Waals surface area contributed by atoms with Crippen LogP contribution >= 0.6 is 0 Å². The SMILES string of the molecule is N#CC1=C(N)N2C(=C(C#N)[C@@H]1c1ccc3c(c1)OCO3)Nc1ccccc12. The summed E-state index contributed by atoms with van der Waals surface area (Å²) in [5.41, 5.74) is 9.55.